The fourth-order valence-electron chi connectivity index (χ4n) is 2.60. The Labute approximate surface area is 147 Å². The van der Waals surface area contributed by atoms with Gasteiger partial charge in [-0.25, -0.2) is 9.59 Å². The molecule has 0 spiro atoms. The van der Waals surface area contributed by atoms with E-state index in [1.54, 1.807) is 6.07 Å². The highest BCUT2D eigenvalue weighted by atomic mass is 16.6. The number of amides is 1. The number of ether oxygens (including phenoxy) is 2. The number of hydrogen-bond acceptors (Lipinski definition) is 6. The molecule has 0 saturated heterocycles. The number of esters is 1. The highest BCUT2D eigenvalue weighted by Gasteiger charge is 2.22. The van der Waals surface area contributed by atoms with Gasteiger partial charge in [0.05, 0.1) is 30.3 Å². The van der Waals surface area contributed by atoms with Gasteiger partial charge in [0.2, 0.25) is 0 Å². The summed E-state index contributed by atoms with van der Waals surface area (Å²) in [4.78, 5) is 27.9. The Bertz CT molecular complexity index is 692. The molecule has 2 rings (SSSR count). The molecule has 0 bridgehead atoms. The Morgan fingerprint density at radius 1 is 1.36 bits per heavy atom. The third kappa shape index (κ3) is 5.20. The summed E-state index contributed by atoms with van der Waals surface area (Å²) in [6.07, 6.45) is 5.25. The molecule has 1 atom stereocenters. The second kappa shape index (κ2) is 7.55. The Hall–Kier alpha value is -2.57. The number of nitrogens with one attached hydrogen (secondary N) is 1. The first-order valence-corrected chi connectivity index (χ1v) is 8.22. The Morgan fingerprint density at radius 3 is 2.64 bits per heavy atom. The van der Waals surface area contributed by atoms with E-state index in [-0.39, 0.29) is 11.7 Å². The van der Waals surface area contributed by atoms with Gasteiger partial charge >= 0.3 is 12.1 Å². The number of anilines is 1. The van der Waals surface area contributed by atoms with Gasteiger partial charge in [-0.2, -0.15) is 0 Å². The molecule has 0 saturated carbocycles. The zero-order valence-electron chi connectivity index (χ0n) is 15.1. The van der Waals surface area contributed by atoms with Gasteiger partial charge in [0.25, 0.3) is 0 Å². The van der Waals surface area contributed by atoms with Gasteiger partial charge in [-0.1, -0.05) is 6.08 Å². The normalized spacial score (nSPS) is 17.4. The lowest BCUT2D eigenvalue weighted by atomic mass is 9.92. The zero-order valence-corrected chi connectivity index (χ0v) is 15.1. The summed E-state index contributed by atoms with van der Waals surface area (Å²) >= 11 is 0. The first kappa shape index (κ1) is 18.8. The number of aromatic nitrogens is 1. The van der Waals surface area contributed by atoms with Crippen LogP contribution in [-0.4, -0.2) is 35.8 Å². The second-order valence-electron chi connectivity index (χ2n) is 7.00. The van der Waals surface area contributed by atoms with Crippen LogP contribution in [0.15, 0.2) is 18.3 Å². The number of methoxy groups -OCH3 is 1. The van der Waals surface area contributed by atoms with E-state index in [9.17, 15) is 9.59 Å². The number of allylic oxidation sites excluding steroid dienone is 1. The van der Waals surface area contributed by atoms with E-state index in [1.165, 1.54) is 13.3 Å². The van der Waals surface area contributed by atoms with Crippen molar-refractivity contribution in [1.29, 1.82) is 0 Å². The van der Waals surface area contributed by atoms with Gasteiger partial charge in [0.15, 0.2) is 0 Å². The van der Waals surface area contributed by atoms with Crippen LogP contribution < -0.4 is 11.1 Å². The molecule has 1 aliphatic rings. The fraction of sp³-hybridized carbons (Fsp3) is 0.500. The predicted molar refractivity (Wildman–Crippen MR) is 95.0 cm³/mol. The predicted octanol–water partition coefficient (Wildman–Crippen LogP) is 2.91. The van der Waals surface area contributed by atoms with E-state index in [0.717, 1.165) is 18.4 Å². The van der Waals surface area contributed by atoms with Gasteiger partial charge in [-0.15, -0.1) is 0 Å². The van der Waals surface area contributed by atoms with Crippen molar-refractivity contribution in [1.82, 2.24) is 10.3 Å². The van der Waals surface area contributed by atoms with Crippen LogP contribution in [0.2, 0.25) is 0 Å². The largest absolute Gasteiger partial charge is 0.465 e. The number of hydrogen-bond donors (Lipinski definition) is 2. The fourth-order valence-corrected chi connectivity index (χ4v) is 2.60. The van der Waals surface area contributed by atoms with E-state index < -0.39 is 17.7 Å². The highest BCUT2D eigenvalue weighted by molar-refractivity contribution is 5.95. The Balaban J connectivity index is 2.04. The average Bonchev–Trinajstić information content (AvgIpc) is 2.53. The van der Waals surface area contributed by atoms with Crippen molar-refractivity contribution in [2.75, 3.05) is 12.8 Å². The van der Waals surface area contributed by atoms with Gasteiger partial charge in [0, 0.05) is 6.04 Å². The molecule has 1 heterocycles. The van der Waals surface area contributed by atoms with Gasteiger partial charge in [-0.3, -0.25) is 4.98 Å². The van der Waals surface area contributed by atoms with Crippen molar-refractivity contribution in [3.63, 3.8) is 0 Å². The smallest absolute Gasteiger partial charge is 0.407 e. The summed E-state index contributed by atoms with van der Waals surface area (Å²) in [5, 5.41) is 2.88. The van der Waals surface area contributed by atoms with Crippen molar-refractivity contribution >= 4 is 23.3 Å². The van der Waals surface area contributed by atoms with E-state index >= 15 is 0 Å². The minimum Gasteiger partial charge on any atom is -0.465 e. The maximum atomic E-state index is 11.8. The lowest BCUT2D eigenvalue weighted by Gasteiger charge is -2.25. The van der Waals surface area contributed by atoms with Crippen LogP contribution >= 0.6 is 0 Å². The zero-order chi connectivity index (χ0) is 18.6. The van der Waals surface area contributed by atoms with E-state index in [4.69, 9.17) is 15.2 Å². The maximum absolute atomic E-state index is 11.8. The van der Waals surface area contributed by atoms with Gasteiger partial charge in [0.1, 0.15) is 5.60 Å². The molecule has 1 aromatic rings. The first-order valence-electron chi connectivity index (χ1n) is 8.22. The van der Waals surface area contributed by atoms with Crippen molar-refractivity contribution in [2.45, 2.75) is 51.7 Å². The summed E-state index contributed by atoms with van der Waals surface area (Å²) in [6, 6.07) is 1.67. The van der Waals surface area contributed by atoms with E-state index in [2.05, 4.69) is 10.3 Å². The van der Waals surface area contributed by atoms with Crippen LogP contribution in [0.1, 0.15) is 56.1 Å². The number of carbonyl (C=O) groups excluding carboxylic acids is 2. The van der Waals surface area contributed by atoms with Crippen molar-refractivity contribution in [2.24, 2.45) is 0 Å². The molecule has 7 nitrogen and oxygen atoms in total. The molecular formula is C18H25N3O4. The third-order valence-electron chi connectivity index (χ3n) is 3.80. The number of pyridine rings is 1. The molecule has 136 valence electrons. The molecule has 0 aliphatic heterocycles. The number of nitrogen functional groups attached to an aromatic ring is 1. The van der Waals surface area contributed by atoms with Crippen LogP contribution in [-0.2, 0) is 9.47 Å². The van der Waals surface area contributed by atoms with Gasteiger partial charge in [-0.05, 0) is 51.7 Å². The first-order chi connectivity index (χ1) is 11.7. The third-order valence-corrected chi connectivity index (χ3v) is 3.80. The molecule has 0 fully saturated rings. The summed E-state index contributed by atoms with van der Waals surface area (Å²) in [5.74, 6) is -0.484. The van der Waals surface area contributed by atoms with Crippen molar-refractivity contribution in [3.05, 3.63) is 29.6 Å². The van der Waals surface area contributed by atoms with Gasteiger partial charge < -0.3 is 20.5 Å². The summed E-state index contributed by atoms with van der Waals surface area (Å²) in [5.41, 5.74) is 7.58. The Kier molecular flexibility index (Phi) is 5.66. The molecule has 7 heteroatoms. The van der Waals surface area contributed by atoms with E-state index in [0.29, 0.717) is 17.7 Å². The number of alkyl carbamates (subject to hydrolysis) is 1. The molecule has 1 unspecified atom stereocenters. The monoisotopic (exact) mass is 347 g/mol. The number of rotatable bonds is 3. The number of nitrogens with two attached hydrogens (primary N) is 1. The van der Waals surface area contributed by atoms with E-state index in [1.807, 2.05) is 26.8 Å². The molecule has 0 aromatic carbocycles. The molecule has 1 aliphatic carbocycles. The SMILES string of the molecule is COC(=O)c1cc(C2=CCC(NC(=O)OC(C)(C)C)CC2)ncc1N. The maximum Gasteiger partial charge on any atom is 0.407 e. The highest BCUT2D eigenvalue weighted by Crippen LogP contribution is 2.27. The lowest BCUT2D eigenvalue weighted by Crippen LogP contribution is -2.39. The quantitative estimate of drug-likeness (QED) is 0.815. The number of carbonyl (C=O) groups is 2. The molecule has 25 heavy (non-hydrogen) atoms. The standard InChI is InChI=1S/C18H25N3O4/c1-18(2,3)25-17(23)21-12-7-5-11(6-8-12)15-9-13(16(22)24-4)14(19)10-20-15/h5,9-10,12H,6-8,19H2,1-4H3,(H,21,23). The Morgan fingerprint density at radius 2 is 2.08 bits per heavy atom. The summed E-state index contributed by atoms with van der Waals surface area (Å²) < 4.78 is 10.0. The second-order valence-corrected chi connectivity index (χ2v) is 7.00. The molecule has 1 amide bonds. The van der Waals surface area contributed by atoms with Crippen molar-refractivity contribution < 1.29 is 19.1 Å². The topological polar surface area (TPSA) is 104 Å². The molecule has 1 aromatic heterocycles. The summed E-state index contributed by atoms with van der Waals surface area (Å²) in [7, 11) is 1.31. The minimum absolute atomic E-state index is 0.0208. The van der Waals surface area contributed by atoms with Crippen molar-refractivity contribution in [3.8, 4) is 0 Å². The van der Waals surface area contributed by atoms with Crippen LogP contribution in [0.5, 0.6) is 0 Å². The van der Waals surface area contributed by atoms with Crippen LogP contribution in [0.3, 0.4) is 0 Å². The molecular weight excluding hydrogens is 322 g/mol. The molecule has 0 radical (unpaired) electrons. The van der Waals surface area contributed by atoms with Crippen LogP contribution in [0, 0.1) is 0 Å². The van der Waals surface area contributed by atoms with Crippen LogP contribution in [0.25, 0.3) is 5.57 Å². The molecule has 3 N–H and O–H groups in total. The minimum atomic E-state index is -0.516. The average molecular weight is 347 g/mol. The summed E-state index contributed by atoms with van der Waals surface area (Å²) in [6.45, 7) is 5.49. The van der Waals surface area contributed by atoms with Crippen LogP contribution in [0.4, 0.5) is 10.5 Å². The lowest BCUT2D eigenvalue weighted by molar-refractivity contribution is 0.0500. The number of nitrogens with zero attached hydrogens (tertiary/aromatic N) is 1.